The second-order valence-electron chi connectivity index (χ2n) is 6.02. The van der Waals surface area contributed by atoms with Crippen LogP contribution in [0.25, 0.3) is 10.9 Å². The number of carbonyl (C=O) groups excluding carboxylic acids is 1. The minimum Gasteiger partial charge on any atom is -0.372 e. The van der Waals surface area contributed by atoms with E-state index in [0.717, 1.165) is 35.2 Å². The Balaban J connectivity index is 1.85. The first-order valence-electron chi connectivity index (χ1n) is 8.47. The second kappa shape index (κ2) is 7.19. The Bertz CT molecular complexity index is 912. The number of aryl methyl sites for hydroxylation is 1. The topological polar surface area (TPSA) is 48.1 Å². The van der Waals surface area contributed by atoms with Crippen molar-refractivity contribution in [1.29, 1.82) is 0 Å². The lowest BCUT2D eigenvalue weighted by Gasteiger charge is -2.22. The zero-order valence-electron chi connectivity index (χ0n) is 14.7. The zero-order valence-corrected chi connectivity index (χ0v) is 15.4. The molecule has 2 N–H and O–H groups in total. The van der Waals surface area contributed by atoms with Crippen LogP contribution >= 0.6 is 11.6 Å². The third-order valence-electron chi connectivity index (χ3n) is 4.48. The summed E-state index contributed by atoms with van der Waals surface area (Å²) in [5, 5.41) is 4.51. The smallest absolute Gasteiger partial charge is 0.257 e. The number of benzene rings is 2. The van der Waals surface area contributed by atoms with E-state index in [-0.39, 0.29) is 5.91 Å². The molecule has 130 valence electrons. The van der Waals surface area contributed by atoms with Crippen molar-refractivity contribution in [2.24, 2.45) is 0 Å². The number of halogens is 1. The summed E-state index contributed by atoms with van der Waals surface area (Å²) in [5.74, 6) is -0.132. The molecule has 0 saturated carbocycles. The van der Waals surface area contributed by atoms with Gasteiger partial charge in [-0.15, -0.1) is 0 Å². The molecule has 2 aromatic carbocycles. The van der Waals surface area contributed by atoms with E-state index >= 15 is 0 Å². The van der Waals surface area contributed by atoms with Gasteiger partial charge >= 0.3 is 0 Å². The van der Waals surface area contributed by atoms with Crippen molar-refractivity contribution in [3.8, 4) is 0 Å². The van der Waals surface area contributed by atoms with Crippen molar-refractivity contribution in [2.45, 2.75) is 20.8 Å². The van der Waals surface area contributed by atoms with Gasteiger partial charge in [-0.25, -0.2) is 0 Å². The summed E-state index contributed by atoms with van der Waals surface area (Å²) in [7, 11) is 0. The monoisotopic (exact) mass is 355 g/mol. The van der Waals surface area contributed by atoms with E-state index in [0.29, 0.717) is 10.6 Å². The molecule has 0 radical (unpaired) electrons. The normalized spacial score (nSPS) is 10.9. The van der Waals surface area contributed by atoms with Crippen LogP contribution in [-0.4, -0.2) is 24.0 Å². The largest absolute Gasteiger partial charge is 0.372 e. The molecule has 0 aliphatic rings. The molecule has 3 aromatic rings. The summed E-state index contributed by atoms with van der Waals surface area (Å²) < 4.78 is 0. The van der Waals surface area contributed by atoms with Crippen LogP contribution in [0.15, 0.2) is 42.6 Å². The van der Waals surface area contributed by atoms with Crippen LogP contribution in [0.2, 0.25) is 5.02 Å². The minimum absolute atomic E-state index is 0.132. The molecule has 0 saturated heterocycles. The number of nitrogens with one attached hydrogen (secondary N) is 2. The molecule has 0 aliphatic heterocycles. The lowest BCUT2D eigenvalue weighted by Crippen LogP contribution is -2.22. The maximum absolute atomic E-state index is 12.7. The van der Waals surface area contributed by atoms with Crippen molar-refractivity contribution in [1.82, 2.24) is 4.98 Å². The molecular weight excluding hydrogens is 334 g/mol. The Morgan fingerprint density at radius 1 is 1.16 bits per heavy atom. The maximum atomic E-state index is 12.7. The van der Waals surface area contributed by atoms with Crippen molar-refractivity contribution < 1.29 is 4.79 Å². The molecule has 0 unspecified atom stereocenters. The van der Waals surface area contributed by atoms with Gasteiger partial charge in [0.2, 0.25) is 0 Å². The van der Waals surface area contributed by atoms with Gasteiger partial charge in [-0.05, 0) is 56.7 Å². The quantitative estimate of drug-likeness (QED) is 0.658. The molecule has 1 amide bonds. The molecule has 0 aliphatic carbocycles. The van der Waals surface area contributed by atoms with E-state index in [1.807, 2.05) is 31.2 Å². The number of aromatic nitrogens is 1. The van der Waals surface area contributed by atoms with Crippen molar-refractivity contribution in [3.63, 3.8) is 0 Å². The Kier molecular flexibility index (Phi) is 5.00. The van der Waals surface area contributed by atoms with Crippen LogP contribution < -0.4 is 10.2 Å². The number of H-pyrrole nitrogens is 1. The first-order valence-corrected chi connectivity index (χ1v) is 8.84. The van der Waals surface area contributed by atoms with Crippen LogP contribution in [0.3, 0.4) is 0 Å². The molecule has 3 rings (SSSR count). The number of carbonyl (C=O) groups is 1. The lowest BCUT2D eigenvalue weighted by molar-refractivity contribution is 0.102. The highest BCUT2D eigenvalue weighted by molar-refractivity contribution is 6.31. The highest BCUT2D eigenvalue weighted by Gasteiger charge is 2.14. The fourth-order valence-electron chi connectivity index (χ4n) is 3.05. The molecule has 4 nitrogen and oxygen atoms in total. The molecule has 0 spiro atoms. The number of hydrogen-bond acceptors (Lipinski definition) is 2. The van der Waals surface area contributed by atoms with E-state index in [4.69, 9.17) is 11.6 Å². The first-order chi connectivity index (χ1) is 12.0. The summed E-state index contributed by atoms with van der Waals surface area (Å²) in [6.45, 7) is 8.20. The molecule has 25 heavy (non-hydrogen) atoms. The Morgan fingerprint density at radius 3 is 2.60 bits per heavy atom. The standard InChI is InChI=1S/C20H22ClN3O/c1-4-24(5-2)15-7-9-18(13(3)10-15)23-20(25)17-12-22-19-11-14(21)6-8-16(17)19/h6-12,22H,4-5H2,1-3H3,(H,23,25). The van der Waals surface area contributed by atoms with Crippen LogP contribution in [0.1, 0.15) is 29.8 Å². The number of amides is 1. The van der Waals surface area contributed by atoms with Crippen LogP contribution in [0.4, 0.5) is 11.4 Å². The summed E-state index contributed by atoms with van der Waals surface area (Å²) in [6.07, 6.45) is 1.72. The van der Waals surface area contributed by atoms with E-state index in [1.54, 1.807) is 12.3 Å². The summed E-state index contributed by atoms with van der Waals surface area (Å²) >= 11 is 6.00. The van der Waals surface area contributed by atoms with Gasteiger partial charge < -0.3 is 15.2 Å². The molecule has 1 aromatic heterocycles. The molecule has 0 atom stereocenters. The minimum atomic E-state index is -0.132. The molecule has 0 fully saturated rings. The van der Waals surface area contributed by atoms with Gasteiger partial charge in [-0.1, -0.05) is 17.7 Å². The number of rotatable bonds is 5. The number of aromatic amines is 1. The van der Waals surface area contributed by atoms with Gasteiger partial charge in [-0.2, -0.15) is 0 Å². The molecule has 5 heteroatoms. The van der Waals surface area contributed by atoms with E-state index < -0.39 is 0 Å². The van der Waals surface area contributed by atoms with E-state index in [9.17, 15) is 4.79 Å². The third kappa shape index (κ3) is 3.49. The van der Waals surface area contributed by atoms with Crippen molar-refractivity contribution in [3.05, 3.63) is 58.7 Å². The Labute approximate surface area is 152 Å². The SMILES string of the molecule is CCN(CC)c1ccc(NC(=O)c2c[nH]c3cc(Cl)ccc23)c(C)c1. The fraction of sp³-hybridized carbons (Fsp3) is 0.250. The second-order valence-corrected chi connectivity index (χ2v) is 6.45. The fourth-order valence-corrected chi connectivity index (χ4v) is 3.22. The summed E-state index contributed by atoms with van der Waals surface area (Å²) in [6, 6.07) is 11.6. The van der Waals surface area contributed by atoms with Crippen molar-refractivity contribution >= 4 is 39.8 Å². The average Bonchev–Trinajstić information content (AvgIpc) is 3.01. The third-order valence-corrected chi connectivity index (χ3v) is 4.71. The average molecular weight is 356 g/mol. The van der Waals surface area contributed by atoms with Gasteiger partial charge in [0.1, 0.15) is 0 Å². The van der Waals surface area contributed by atoms with Crippen LogP contribution in [0.5, 0.6) is 0 Å². The Morgan fingerprint density at radius 2 is 1.92 bits per heavy atom. The predicted molar refractivity (Wildman–Crippen MR) is 106 cm³/mol. The van der Waals surface area contributed by atoms with E-state index in [2.05, 4.69) is 35.1 Å². The highest BCUT2D eigenvalue weighted by atomic mass is 35.5. The van der Waals surface area contributed by atoms with Crippen LogP contribution in [-0.2, 0) is 0 Å². The van der Waals surface area contributed by atoms with Gasteiger partial charge in [0, 0.05) is 46.6 Å². The van der Waals surface area contributed by atoms with Gasteiger partial charge in [0.05, 0.1) is 5.56 Å². The highest BCUT2D eigenvalue weighted by Crippen LogP contribution is 2.25. The van der Waals surface area contributed by atoms with Gasteiger partial charge in [0.25, 0.3) is 5.91 Å². The van der Waals surface area contributed by atoms with E-state index in [1.165, 1.54) is 5.69 Å². The summed E-state index contributed by atoms with van der Waals surface area (Å²) in [4.78, 5) is 18.1. The zero-order chi connectivity index (χ0) is 18.0. The van der Waals surface area contributed by atoms with Crippen LogP contribution in [0, 0.1) is 6.92 Å². The number of anilines is 2. The summed E-state index contributed by atoms with van der Waals surface area (Å²) in [5.41, 5.74) is 4.50. The lowest BCUT2D eigenvalue weighted by atomic mass is 10.1. The number of hydrogen-bond donors (Lipinski definition) is 2. The molecule has 0 bridgehead atoms. The molecular formula is C20H22ClN3O. The number of fused-ring (bicyclic) bond motifs is 1. The van der Waals surface area contributed by atoms with Crippen molar-refractivity contribution in [2.75, 3.05) is 23.3 Å². The predicted octanol–water partition coefficient (Wildman–Crippen LogP) is 5.23. The Hall–Kier alpha value is -2.46. The van der Waals surface area contributed by atoms with Gasteiger partial charge in [0.15, 0.2) is 0 Å². The molecule has 1 heterocycles. The first kappa shape index (κ1) is 17.4. The van der Waals surface area contributed by atoms with Gasteiger partial charge in [-0.3, -0.25) is 4.79 Å². The maximum Gasteiger partial charge on any atom is 0.257 e. The number of nitrogens with zero attached hydrogens (tertiary/aromatic N) is 1.